The number of nitrogens with zero attached hydrogens (tertiary/aromatic N) is 3. The minimum absolute atomic E-state index is 0.284. The number of rotatable bonds is 6. The molecule has 1 amide bonds. The first-order valence-corrected chi connectivity index (χ1v) is 11.4. The Balaban J connectivity index is 1.44. The van der Waals surface area contributed by atoms with E-state index in [9.17, 15) is 9.59 Å². The Hall–Kier alpha value is -4.91. The maximum atomic E-state index is 12.8. The highest BCUT2D eigenvalue weighted by Gasteiger charge is 2.20. The molecule has 7 heteroatoms. The standard InChI is InChI=1S/C29H22N4O3/c1-19(28(34)31-23-14-16-30-17-15-23)36-29(35)22-12-13-24-25(18-22)33-27(21-10-6-3-7-11-21)26(32-24)20-8-4-2-5-9-20/h2-19H,1H3,(H,30,31,34). The lowest BCUT2D eigenvalue weighted by atomic mass is 10.0. The summed E-state index contributed by atoms with van der Waals surface area (Å²) < 4.78 is 5.41. The van der Waals surface area contributed by atoms with Gasteiger partial charge in [-0.15, -0.1) is 0 Å². The second-order valence-electron chi connectivity index (χ2n) is 8.13. The van der Waals surface area contributed by atoms with E-state index in [0.29, 0.717) is 22.4 Å². The molecule has 0 fully saturated rings. The summed E-state index contributed by atoms with van der Waals surface area (Å²) >= 11 is 0. The van der Waals surface area contributed by atoms with Crippen molar-refractivity contribution in [2.24, 2.45) is 0 Å². The lowest BCUT2D eigenvalue weighted by Crippen LogP contribution is -2.30. The van der Waals surface area contributed by atoms with Crippen molar-refractivity contribution in [3.8, 4) is 22.5 Å². The Kier molecular flexibility index (Phi) is 6.44. The number of carbonyl (C=O) groups is 2. The third-order valence-electron chi connectivity index (χ3n) is 5.60. The van der Waals surface area contributed by atoms with E-state index in [4.69, 9.17) is 14.7 Å². The summed E-state index contributed by atoms with van der Waals surface area (Å²) in [6.07, 6.45) is 2.14. The van der Waals surface area contributed by atoms with Crippen LogP contribution in [0.3, 0.4) is 0 Å². The summed E-state index contributed by atoms with van der Waals surface area (Å²) in [4.78, 5) is 38.9. The molecule has 0 bridgehead atoms. The predicted octanol–water partition coefficient (Wildman–Crippen LogP) is 5.54. The van der Waals surface area contributed by atoms with Crippen LogP contribution in [0.2, 0.25) is 0 Å². The van der Waals surface area contributed by atoms with Crippen molar-refractivity contribution < 1.29 is 14.3 Å². The molecule has 0 saturated heterocycles. The van der Waals surface area contributed by atoms with E-state index in [-0.39, 0.29) is 5.56 Å². The van der Waals surface area contributed by atoms with Crippen LogP contribution in [0.1, 0.15) is 17.3 Å². The molecule has 2 heterocycles. The molecule has 5 rings (SSSR count). The van der Waals surface area contributed by atoms with Crippen molar-refractivity contribution in [3.63, 3.8) is 0 Å². The molecule has 36 heavy (non-hydrogen) atoms. The Bertz CT molecular complexity index is 1520. The van der Waals surface area contributed by atoms with Crippen molar-refractivity contribution >= 4 is 28.6 Å². The van der Waals surface area contributed by atoms with Crippen LogP contribution in [0.4, 0.5) is 5.69 Å². The molecular formula is C29H22N4O3. The van der Waals surface area contributed by atoms with Crippen molar-refractivity contribution in [2.75, 3.05) is 5.32 Å². The Morgan fingerprint density at radius 3 is 1.94 bits per heavy atom. The molecule has 3 aromatic carbocycles. The third kappa shape index (κ3) is 4.95. The van der Waals surface area contributed by atoms with E-state index >= 15 is 0 Å². The Morgan fingerprint density at radius 2 is 1.33 bits per heavy atom. The molecule has 2 aromatic heterocycles. The summed E-state index contributed by atoms with van der Waals surface area (Å²) in [5, 5.41) is 2.70. The molecule has 0 spiro atoms. The lowest BCUT2D eigenvalue weighted by Gasteiger charge is -2.14. The lowest BCUT2D eigenvalue weighted by molar-refractivity contribution is -0.123. The maximum Gasteiger partial charge on any atom is 0.338 e. The summed E-state index contributed by atoms with van der Waals surface area (Å²) in [5.74, 6) is -1.06. The topological polar surface area (TPSA) is 94.1 Å². The van der Waals surface area contributed by atoms with Crippen LogP contribution >= 0.6 is 0 Å². The van der Waals surface area contributed by atoms with E-state index in [0.717, 1.165) is 16.8 Å². The largest absolute Gasteiger partial charge is 0.449 e. The number of benzene rings is 3. The highest BCUT2D eigenvalue weighted by molar-refractivity contribution is 5.99. The number of anilines is 1. The molecule has 0 aliphatic carbocycles. The fraction of sp³-hybridized carbons (Fsp3) is 0.0690. The maximum absolute atomic E-state index is 12.8. The van der Waals surface area contributed by atoms with E-state index in [1.54, 1.807) is 42.7 Å². The molecule has 7 nitrogen and oxygen atoms in total. The highest BCUT2D eigenvalue weighted by Crippen LogP contribution is 2.31. The van der Waals surface area contributed by atoms with Crippen LogP contribution in [-0.4, -0.2) is 32.9 Å². The number of amides is 1. The fourth-order valence-electron chi connectivity index (χ4n) is 3.74. The van der Waals surface area contributed by atoms with E-state index in [1.807, 2.05) is 60.7 Å². The fourth-order valence-corrected chi connectivity index (χ4v) is 3.74. The van der Waals surface area contributed by atoms with Gasteiger partial charge in [-0.2, -0.15) is 0 Å². The molecule has 1 unspecified atom stereocenters. The average molecular weight is 475 g/mol. The molecule has 1 atom stereocenters. The second-order valence-corrected chi connectivity index (χ2v) is 8.13. The zero-order chi connectivity index (χ0) is 24.9. The molecule has 176 valence electrons. The minimum atomic E-state index is -0.993. The van der Waals surface area contributed by atoms with Crippen LogP contribution in [0.15, 0.2) is 103 Å². The van der Waals surface area contributed by atoms with Gasteiger partial charge in [-0.1, -0.05) is 60.7 Å². The molecular weight excluding hydrogens is 452 g/mol. The number of fused-ring (bicyclic) bond motifs is 1. The Morgan fingerprint density at radius 1 is 0.750 bits per heavy atom. The number of nitrogens with one attached hydrogen (secondary N) is 1. The normalized spacial score (nSPS) is 11.6. The van der Waals surface area contributed by atoms with Crippen molar-refractivity contribution in [1.82, 2.24) is 15.0 Å². The Labute approximate surface area is 207 Å². The van der Waals surface area contributed by atoms with Gasteiger partial charge in [0.05, 0.1) is 28.0 Å². The predicted molar refractivity (Wildman–Crippen MR) is 138 cm³/mol. The van der Waals surface area contributed by atoms with Crippen LogP contribution in [-0.2, 0) is 9.53 Å². The third-order valence-corrected chi connectivity index (χ3v) is 5.60. The first-order chi connectivity index (χ1) is 17.6. The number of hydrogen-bond acceptors (Lipinski definition) is 6. The van der Waals surface area contributed by atoms with Gasteiger partial charge in [-0.05, 0) is 37.3 Å². The van der Waals surface area contributed by atoms with Crippen molar-refractivity contribution in [3.05, 3.63) is 109 Å². The van der Waals surface area contributed by atoms with Gasteiger partial charge >= 0.3 is 5.97 Å². The van der Waals surface area contributed by atoms with Gasteiger partial charge in [-0.3, -0.25) is 9.78 Å². The van der Waals surface area contributed by atoms with E-state index in [2.05, 4.69) is 10.3 Å². The van der Waals surface area contributed by atoms with Crippen LogP contribution in [0.5, 0.6) is 0 Å². The summed E-state index contributed by atoms with van der Waals surface area (Å²) in [7, 11) is 0. The molecule has 1 N–H and O–H groups in total. The second kappa shape index (κ2) is 10.1. The quantitative estimate of drug-likeness (QED) is 0.325. The van der Waals surface area contributed by atoms with Crippen LogP contribution < -0.4 is 5.32 Å². The van der Waals surface area contributed by atoms with E-state index in [1.165, 1.54) is 6.92 Å². The van der Waals surface area contributed by atoms with Gasteiger partial charge < -0.3 is 10.1 Å². The smallest absolute Gasteiger partial charge is 0.338 e. The van der Waals surface area contributed by atoms with Gasteiger partial charge in [0, 0.05) is 29.2 Å². The number of esters is 1. The molecule has 0 aliphatic heterocycles. The zero-order valence-corrected chi connectivity index (χ0v) is 19.5. The van der Waals surface area contributed by atoms with Crippen molar-refractivity contribution in [2.45, 2.75) is 13.0 Å². The van der Waals surface area contributed by atoms with Gasteiger partial charge in [0.15, 0.2) is 6.10 Å². The first-order valence-electron chi connectivity index (χ1n) is 11.4. The van der Waals surface area contributed by atoms with E-state index < -0.39 is 18.0 Å². The number of carbonyl (C=O) groups excluding carboxylic acids is 2. The number of hydrogen-bond donors (Lipinski definition) is 1. The molecule has 0 aliphatic rings. The van der Waals surface area contributed by atoms with Gasteiger partial charge in [-0.25, -0.2) is 14.8 Å². The summed E-state index contributed by atoms with van der Waals surface area (Å²) in [6, 6.07) is 28.0. The van der Waals surface area contributed by atoms with Gasteiger partial charge in [0.2, 0.25) is 0 Å². The molecule has 0 saturated carbocycles. The first kappa shape index (κ1) is 22.9. The van der Waals surface area contributed by atoms with Crippen LogP contribution in [0, 0.1) is 0 Å². The molecule has 5 aromatic rings. The summed E-state index contributed by atoms with van der Waals surface area (Å²) in [6.45, 7) is 1.52. The van der Waals surface area contributed by atoms with Gasteiger partial charge in [0.25, 0.3) is 5.91 Å². The van der Waals surface area contributed by atoms with Crippen LogP contribution in [0.25, 0.3) is 33.5 Å². The monoisotopic (exact) mass is 474 g/mol. The number of ether oxygens (including phenoxy) is 1. The van der Waals surface area contributed by atoms with Gasteiger partial charge in [0.1, 0.15) is 0 Å². The minimum Gasteiger partial charge on any atom is -0.449 e. The average Bonchev–Trinajstić information content (AvgIpc) is 2.93. The number of aromatic nitrogens is 3. The van der Waals surface area contributed by atoms with Crippen molar-refractivity contribution in [1.29, 1.82) is 0 Å². The zero-order valence-electron chi connectivity index (χ0n) is 19.5. The summed E-state index contributed by atoms with van der Waals surface area (Å²) in [5.41, 5.74) is 5.39. The highest BCUT2D eigenvalue weighted by atomic mass is 16.5. The number of pyridine rings is 1. The SMILES string of the molecule is CC(OC(=O)c1ccc2nc(-c3ccccc3)c(-c3ccccc3)nc2c1)C(=O)Nc1ccncc1. The molecule has 0 radical (unpaired) electrons.